The fourth-order valence-corrected chi connectivity index (χ4v) is 6.13. The summed E-state index contributed by atoms with van der Waals surface area (Å²) >= 11 is 1.60. The summed E-state index contributed by atoms with van der Waals surface area (Å²) in [6.45, 7) is -0.136. The molecule has 4 aromatic rings. The maximum Gasteiger partial charge on any atom is 0.263 e. The molecule has 0 fully saturated rings. The van der Waals surface area contributed by atoms with Crippen molar-refractivity contribution in [3.63, 3.8) is 0 Å². The zero-order chi connectivity index (χ0) is 23.9. The lowest BCUT2D eigenvalue weighted by Crippen LogP contribution is -2.34. The van der Waals surface area contributed by atoms with Gasteiger partial charge in [-0.3, -0.25) is 14.2 Å². The van der Waals surface area contributed by atoms with Gasteiger partial charge in [-0.05, 0) is 73.2 Å². The molecule has 1 aromatic carbocycles. The highest BCUT2D eigenvalue weighted by Crippen LogP contribution is 2.35. The van der Waals surface area contributed by atoms with Crippen molar-refractivity contribution in [2.75, 3.05) is 7.11 Å². The normalized spacial score (nSPS) is 17.5. The molecule has 0 bridgehead atoms. The highest BCUT2D eigenvalue weighted by Gasteiger charge is 2.35. The van der Waals surface area contributed by atoms with Crippen molar-refractivity contribution in [2.45, 2.75) is 44.7 Å². The van der Waals surface area contributed by atoms with E-state index in [9.17, 15) is 9.59 Å². The number of methoxy groups -OCH3 is 1. The van der Waals surface area contributed by atoms with Crippen LogP contribution in [-0.2, 0) is 24.2 Å². The number of carbonyl (C=O) groups excluding carboxylic acids is 1. The summed E-state index contributed by atoms with van der Waals surface area (Å²) in [6.07, 6.45) is 7.69. The Bertz CT molecular complexity index is 1480. The summed E-state index contributed by atoms with van der Waals surface area (Å²) < 4.78 is 12.3. The van der Waals surface area contributed by atoms with Gasteiger partial charge in [-0.25, -0.2) is 9.99 Å². The molecule has 0 unspecified atom stereocenters. The average Bonchev–Trinajstić information content (AvgIpc) is 3.63. The minimum absolute atomic E-state index is 0.136. The lowest BCUT2D eigenvalue weighted by molar-refractivity contribution is -0.134. The molecule has 0 saturated heterocycles. The molecule has 6 rings (SSSR count). The van der Waals surface area contributed by atoms with Gasteiger partial charge in [0.05, 0.1) is 30.8 Å². The molecule has 178 valence electrons. The average molecular weight is 489 g/mol. The molecule has 0 N–H and O–H groups in total. The van der Waals surface area contributed by atoms with Gasteiger partial charge < -0.3 is 9.15 Å². The number of fused-ring (bicyclic) bond motifs is 3. The number of hydrogen-bond donors (Lipinski definition) is 0. The number of benzene rings is 1. The molecule has 9 heteroatoms. The third-order valence-corrected chi connectivity index (χ3v) is 7.91. The van der Waals surface area contributed by atoms with Crippen LogP contribution in [0.5, 0.6) is 5.75 Å². The predicted octanol–water partition coefficient (Wildman–Crippen LogP) is 4.32. The molecule has 0 spiro atoms. The van der Waals surface area contributed by atoms with Gasteiger partial charge >= 0.3 is 0 Å². The maximum atomic E-state index is 13.5. The van der Waals surface area contributed by atoms with E-state index in [1.165, 1.54) is 20.8 Å². The van der Waals surface area contributed by atoms with Crippen LogP contribution in [0.15, 0.2) is 63.3 Å². The maximum absolute atomic E-state index is 13.5. The van der Waals surface area contributed by atoms with E-state index in [-0.39, 0.29) is 24.1 Å². The largest absolute Gasteiger partial charge is 0.497 e. The van der Waals surface area contributed by atoms with Gasteiger partial charge in [-0.15, -0.1) is 11.3 Å². The topological polar surface area (TPSA) is 89.9 Å². The summed E-state index contributed by atoms with van der Waals surface area (Å²) in [7, 11) is 1.62. The van der Waals surface area contributed by atoms with Gasteiger partial charge in [0, 0.05) is 11.3 Å². The number of amides is 1. The van der Waals surface area contributed by atoms with Gasteiger partial charge in [0.15, 0.2) is 0 Å². The summed E-state index contributed by atoms with van der Waals surface area (Å²) in [5, 5.41) is 6.78. The third-order valence-electron chi connectivity index (χ3n) is 6.71. The number of aryl methyl sites for hydroxylation is 2. The Morgan fingerprint density at radius 3 is 2.80 bits per heavy atom. The smallest absolute Gasteiger partial charge is 0.263 e. The van der Waals surface area contributed by atoms with Crippen LogP contribution in [0.1, 0.15) is 47.1 Å². The van der Waals surface area contributed by atoms with Crippen LogP contribution in [0.4, 0.5) is 0 Å². The molecule has 1 atom stereocenters. The Morgan fingerprint density at radius 2 is 2.03 bits per heavy atom. The van der Waals surface area contributed by atoms with Gasteiger partial charge in [0.1, 0.15) is 28.9 Å². The van der Waals surface area contributed by atoms with E-state index in [1.807, 2.05) is 30.3 Å². The molecule has 2 aliphatic rings. The number of hydrazone groups is 1. The van der Waals surface area contributed by atoms with Crippen molar-refractivity contribution in [3.05, 3.63) is 81.1 Å². The molecule has 1 amide bonds. The molecule has 0 radical (unpaired) electrons. The molecule has 3 aromatic heterocycles. The van der Waals surface area contributed by atoms with Crippen molar-refractivity contribution >= 4 is 33.2 Å². The molecular formula is C26H24N4O4S. The van der Waals surface area contributed by atoms with Crippen LogP contribution in [0.25, 0.3) is 10.2 Å². The zero-order valence-electron chi connectivity index (χ0n) is 19.3. The number of ether oxygens (including phenoxy) is 1. The van der Waals surface area contributed by atoms with Gasteiger partial charge in [0.25, 0.3) is 11.5 Å². The number of nitrogens with zero attached hydrogens (tertiary/aromatic N) is 4. The quantitative estimate of drug-likeness (QED) is 0.417. The zero-order valence-corrected chi connectivity index (χ0v) is 20.1. The SMILES string of the molecule is COc1ccc(C2=NN(C(=O)Cn3cnc4sc5c(c4c3=O)CCCC5)[C@@H](c3ccco3)C2)cc1. The fraction of sp³-hybridized carbons (Fsp3) is 0.308. The Hall–Kier alpha value is -3.72. The molecule has 35 heavy (non-hydrogen) atoms. The Morgan fingerprint density at radius 1 is 1.20 bits per heavy atom. The first kappa shape index (κ1) is 21.8. The molecule has 0 saturated carbocycles. The van der Waals surface area contributed by atoms with Crippen LogP contribution in [0.2, 0.25) is 0 Å². The monoisotopic (exact) mass is 488 g/mol. The predicted molar refractivity (Wildman–Crippen MR) is 133 cm³/mol. The Labute approximate surface area is 205 Å². The minimum Gasteiger partial charge on any atom is -0.497 e. The second-order valence-corrected chi connectivity index (χ2v) is 9.90. The number of thiophene rings is 1. The van der Waals surface area contributed by atoms with Crippen molar-refractivity contribution in [1.82, 2.24) is 14.6 Å². The van der Waals surface area contributed by atoms with Gasteiger partial charge in [-0.1, -0.05) is 0 Å². The highest BCUT2D eigenvalue weighted by molar-refractivity contribution is 7.18. The first-order valence-corrected chi connectivity index (χ1v) is 12.5. The summed E-state index contributed by atoms with van der Waals surface area (Å²) in [4.78, 5) is 33.4. The number of aromatic nitrogens is 2. The fourth-order valence-electron chi connectivity index (χ4n) is 4.91. The van der Waals surface area contributed by atoms with E-state index in [0.717, 1.165) is 53.1 Å². The van der Waals surface area contributed by atoms with Crippen molar-refractivity contribution in [1.29, 1.82) is 0 Å². The molecule has 8 nitrogen and oxygen atoms in total. The molecule has 4 heterocycles. The standard InChI is InChI=1S/C26H24N4O4S/c1-33-17-10-8-16(9-11-17)19-13-20(21-6-4-12-34-21)30(28-19)23(31)14-29-15-27-25-24(26(29)32)18-5-2-3-7-22(18)35-25/h4,6,8-12,15,20H,2-3,5,7,13-14H2,1H3/t20-/m1/s1. The van der Waals surface area contributed by atoms with Crippen molar-refractivity contribution in [3.8, 4) is 5.75 Å². The molecular weight excluding hydrogens is 464 g/mol. The second kappa shape index (κ2) is 8.81. The summed E-state index contributed by atoms with van der Waals surface area (Å²) in [5.74, 6) is 1.11. The summed E-state index contributed by atoms with van der Waals surface area (Å²) in [5.41, 5.74) is 2.64. The van der Waals surface area contributed by atoms with Crippen LogP contribution in [0, 0.1) is 0 Å². The lowest BCUT2D eigenvalue weighted by Gasteiger charge is -2.20. The number of hydrogen-bond acceptors (Lipinski definition) is 7. The lowest BCUT2D eigenvalue weighted by atomic mass is 9.97. The molecule has 1 aliphatic heterocycles. The number of rotatable bonds is 5. The van der Waals surface area contributed by atoms with Crippen LogP contribution in [0.3, 0.4) is 0 Å². The first-order chi connectivity index (χ1) is 17.1. The van der Waals surface area contributed by atoms with Gasteiger partial charge in [0.2, 0.25) is 0 Å². The van der Waals surface area contributed by atoms with Gasteiger partial charge in [-0.2, -0.15) is 5.10 Å². The highest BCUT2D eigenvalue weighted by atomic mass is 32.1. The van der Waals surface area contributed by atoms with Crippen LogP contribution >= 0.6 is 11.3 Å². The Balaban J connectivity index is 1.33. The first-order valence-electron chi connectivity index (χ1n) is 11.7. The van der Waals surface area contributed by atoms with E-state index >= 15 is 0 Å². The van der Waals surface area contributed by atoms with E-state index in [0.29, 0.717) is 17.6 Å². The second-order valence-electron chi connectivity index (χ2n) is 8.82. The van der Waals surface area contributed by atoms with Crippen molar-refractivity contribution in [2.24, 2.45) is 5.10 Å². The number of carbonyl (C=O) groups is 1. The van der Waals surface area contributed by atoms with E-state index in [4.69, 9.17) is 9.15 Å². The molecule has 1 aliphatic carbocycles. The summed E-state index contributed by atoms with van der Waals surface area (Å²) in [6, 6.07) is 10.8. The van der Waals surface area contributed by atoms with Crippen molar-refractivity contribution < 1.29 is 13.9 Å². The van der Waals surface area contributed by atoms with E-state index in [1.54, 1.807) is 30.8 Å². The minimum atomic E-state index is -0.379. The van der Waals surface area contributed by atoms with Crippen LogP contribution in [-0.4, -0.2) is 33.3 Å². The number of furan rings is 1. The van der Waals surface area contributed by atoms with E-state index < -0.39 is 0 Å². The third kappa shape index (κ3) is 3.85. The Kier molecular flexibility index (Phi) is 5.49. The van der Waals surface area contributed by atoms with Crippen LogP contribution < -0.4 is 10.3 Å². The van der Waals surface area contributed by atoms with E-state index in [2.05, 4.69) is 10.1 Å².